The van der Waals surface area contributed by atoms with E-state index in [0.717, 1.165) is 5.56 Å². The van der Waals surface area contributed by atoms with Crippen LogP contribution >= 0.6 is 0 Å². The Bertz CT molecular complexity index is 795. The number of methoxy groups -OCH3 is 2. The number of carbonyl (C=O) groups is 3. The van der Waals surface area contributed by atoms with Crippen LogP contribution in [0.1, 0.15) is 41.1 Å². The molecule has 0 spiro atoms. The van der Waals surface area contributed by atoms with E-state index in [-0.39, 0.29) is 30.3 Å². The predicted octanol–water partition coefficient (Wildman–Crippen LogP) is 2.39. The maximum Gasteiger partial charge on any atom is 0.341 e. The fraction of sp³-hybridized carbons (Fsp3) is 0.316. The van der Waals surface area contributed by atoms with E-state index in [9.17, 15) is 14.4 Å². The lowest BCUT2D eigenvalue weighted by Gasteiger charge is -2.18. The lowest BCUT2D eigenvalue weighted by atomic mass is 10.0. The summed E-state index contributed by atoms with van der Waals surface area (Å²) in [7, 11) is 2.80. The molecule has 27 heavy (non-hydrogen) atoms. The second-order valence-electron chi connectivity index (χ2n) is 5.64. The lowest BCUT2D eigenvalue weighted by Crippen LogP contribution is -2.28. The van der Waals surface area contributed by atoms with Crippen LogP contribution in [0.25, 0.3) is 0 Å². The molecular formula is C19H21NO7. The van der Waals surface area contributed by atoms with Crippen LogP contribution in [0.15, 0.2) is 41.0 Å². The van der Waals surface area contributed by atoms with Crippen molar-refractivity contribution in [2.45, 2.75) is 26.0 Å². The molecule has 144 valence electrons. The first kappa shape index (κ1) is 20.0. The summed E-state index contributed by atoms with van der Waals surface area (Å²) >= 11 is 0. The number of ether oxygens (including phenoxy) is 3. The normalized spacial score (nSPS) is 11.4. The summed E-state index contributed by atoms with van der Waals surface area (Å²) in [6.45, 7) is 1.15. The Morgan fingerprint density at radius 3 is 2.41 bits per heavy atom. The molecule has 1 aromatic heterocycles. The fourth-order valence-electron chi connectivity index (χ4n) is 2.45. The van der Waals surface area contributed by atoms with Gasteiger partial charge in [0.2, 0.25) is 5.91 Å². The molecule has 0 aliphatic carbocycles. The Kier molecular flexibility index (Phi) is 6.99. The summed E-state index contributed by atoms with van der Waals surface area (Å²) in [5, 5.41) is 2.72. The molecule has 1 N–H and O–H groups in total. The molecule has 0 radical (unpaired) electrons. The smallest absolute Gasteiger partial charge is 0.341 e. The minimum absolute atomic E-state index is 0.0832. The van der Waals surface area contributed by atoms with E-state index >= 15 is 0 Å². The molecule has 8 heteroatoms. The number of carbonyl (C=O) groups excluding carboxylic acids is 3. The molecule has 0 saturated carbocycles. The van der Waals surface area contributed by atoms with Crippen molar-refractivity contribution in [1.82, 2.24) is 5.32 Å². The van der Waals surface area contributed by atoms with Gasteiger partial charge in [0.1, 0.15) is 17.9 Å². The zero-order chi connectivity index (χ0) is 19.8. The third-order valence-electron chi connectivity index (χ3n) is 3.78. The van der Waals surface area contributed by atoms with Gasteiger partial charge in [-0.1, -0.05) is 12.1 Å². The summed E-state index contributed by atoms with van der Waals surface area (Å²) in [5.74, 6) is -0.560. The standard InChI is InChI=1S/C19H21NO7/c1-12(21)20-16(13-4-6-14(24-2)7-5-13)10-18(22)27-11-17-15(8-9-26-17)19(23)25-3/h4-9,16H,10-11H2,1-3H3,(H,20,21). The van der Waals surface area contributed by atoms with Crippen molar-refractivity contribution in [2.24, 2.45) is 0 Å². The average Bonchev–Trinajstić information content (AvgIpc) is 3.13. The van der Waals surface area contributed by atoms with Gasteiger partial charge in [-0.2, -0.15) is 0 Å². The van der Waals surface area contributed by atoms with Crippen molar-refractivity contribution in [1.29, 1.82) is 0 Å². The van der Waals surface area contributed by atoms with E-state index in [1.165, 1.54) is 26.4 Å². The van der Waals surface area contributed by atoms with Gasteiger partial charge in [-0.25, -0.2) is 4.79 Å². The zero-order valence-electron chi connectivity index (χ0n) is 15.3. The van der Waals surface area contributed by atoms with Gasteiger partial charge >= 0.3 is 11.9 Å². The van der Waals surface area contributed by atoms with Crippen molar-refractivity contribution < 1.29 is 33.0 Å². The van der Waals surface area contributed by atoms with Crippen molar-refractivity contribution in [3.05, 3.63) is 53.5 Å². The van der Waals surface area contributed by atoms with Crippen LogP contribution in [0.2, 0.25) is 0 Å². The van der Waals surface area contributed by atoms with E-state index in [1.54, 1.807) is 31.4 Å². The van der Waals surface area contributed by atoms with Crippen LogP contribution in [0.4, 0.5) is 0 Å². The number of amides is 1. The maximum atomic E-state index is 12.2. The maximum absolute atomic E-state index is 12.2. The van der Waals surface area contributed by atoms with Crippen LogP contribution in [0, 0.1) is 0 Å². The third kappa shape index (κ3) is 5.60. The van der Waals surface area contributed by atoms with Gasteiger partial charge in [-0.15, -0.1) is 0 Å². The Morgan fingerprint density at radius 1 is 1.11 bits per heavy atom. The van der Waals surface area contributed by atoms with Gasteiger partial charge in [0.05, 0.1) is 32.9 Å². The monoisotopic (exact) mass is 375 g/mol. The van der Waals surface area contributed by atoms with E-state index in [2.05, 4.69) is 10.1 Å². The average molecular weight is 375 g/mol. The minimum Gasteiger partial charge on any atom is -0.497 e. The topological polar surface area (TPSA) is 104 Å². The second-order valence-corrected chi connectivity index (χ2v) is 5.64. The largest absolute Gasteiger partial charge is 0.497 e. The SMILES string of the molecule is COC(=O)c1ccoc1COC(=O)CC(NC(C)=O)c1ccc(OC)cc1. The molecule has 0 saturated heterocycles. The van der Waals surface area contributed by atoms with E-state index in [0.29, 0.717) is 5.75 Å². The molecule has 1 atom stereocenters. The van der Waals surface area contributed by atoms with E-state index in [4.69, 9.17) is 13.9 Å². The highest BCUT2D eigenvalue weighted by Crippen LogP contribution is 2.21. The fourth-order valence-corrected chi connectivity index (χ4v) is 2.45. The van der Waals surface area contributed by atoms with Crippen LogP contribution in [0.3, 0.4) is 0 Å². The molecule has 0 aliphatic heterocycles. The predicted molar refractivity (Wildman–Crippen MR) is 94.0 cm³/mol. The number of benzene rings is 1. The summed E-state index contributed by atoms with van der Waals surface area (Å²) in [4.78, 5) is 35.3. The lowest BCUT2D eigenvalue weighted by molar-refractivity contribution is -0.146. The molecule has 0 fully saturated rings. The summed E-state index contributed by atoms with van der Waals surface area (Å²) in [6.07, 6.45) is 1.23. The first-order valence-corrected chi connectivity index (χ1v) is 8.16. The van der Waals surface area contributed by atoms with E-state index < -0.39 is 18.0 Å². The molecular weight excluding hydrogens is 354 g/mol. The van der Waals surface area contributed by atoms with Crippen LogP contribution < -0.4 is 10.1 Å². The van der Waals surface area contributed by atoms with Crippen LogP contribution in [-0.4, -0.2) is 32.1 Å². The van der Waals surface area contributed by atoms with Crippen molar-refractivity contribution >= 4 is 17.8 Å². The molecule has 1 unspecified atom stereocenters. The Balaban J connectivity index is 2.02. The zero-order valence-corrected chi connectivity index (χ0v) is 15.3. The quantitative estimate of drug-likeness (QED) is 0.706. The molecule has 0 aliphatic rings. The molecule has 8 nitrogen and oxygen atoms in total. The van der Waals surface area contributed by atoms with Gasteiger partial charge in [-0.05, 0) is 23.8 Å². The second kappa shape index (κ2) is 9.42. The molecule has 2 rings (SSSR count). The highest BCUT2D eigenvalue weighted by Gasteiger charge is 2.20. The van der Waals surface area contributed by atoms with Gasteiger partial charge in [0.25, 0.3) is 0 Å². The summed E-state index contributed by atoms with van der Waals surface area (Å²) < 4.78 is 20.1. The molecule has 1 heterocycles. The van der Waals surface area contributed by atoms with Gasteiger partial charge in [0.15, 0.2) is 5.76 Å². The highest BCUT2D eigenvalue weighted by atomic mass is 16.5. The van der Waals surface area contributed by atoms with Crippen LogP contribution in [0.5, 0.6) is 5.75 Å². The van der Waals surface area contributed by atoms with Crippen molar-refractivity contribution in [3.8, 4) is 5.75 Å². The molecule has 1 amide bonds. The van der Waals surface area contributed by atoms with Gasteiger partial charge < -0.3 is 23.9 Å². The third-order valence-corrected chi connectivity index (χ3v) is 3.78. The van der Waals surface area contributed by atoms with Crippen molar-refractivity contribution in [2.75, 3.05) is 14.2 Å². The number of nitrogens with one attached hydrogen (secondary N) is 1. The first-order valence-electron chi connectivity index (χ1n) is 8.16. The molecule has 1 aromatic carbocycles. The Labute approximate surface area is 156 Å². The number of furan rings is 1. The number of hydrogen-bond acceptors (Lipinski definition) is 7. The van der Waals surface area contributed by atoms with E-state index in [1.807, 2.05) is 0 Å². The van der Waals surface area contributed by atoms with Crippen LogP contribution in [-0.2, 0) is 25.7 Å². The summed E-state index contributed by atoms with van der Waals surface area (Å²) in [5.41, 5.74) is 0.926. The minimum atomic E-state index is -0.579. The number of hydrogen-bond donors (Lipinski definition) is 1. The summed E-state index contributed by atoms with van der Waals surface area (Å²) in [6, 6.07) is 7.87. The number of rotatable bonds is 8. The molecule has 0 bridgehead atoms. The highest BCUT2D eigenvalue weighted by molar-refractivity contribution is 5.90. The first-order chi connectivity index (χ1) is 12.9. The van der Waals surface area contributed by atoms with Gasteiger partial charge in [0, 0.05) is 6.92 Å². The molecule has 2 aromatic rings. The Morgan fingerprint density at radius 2 is 1.81 bits per heavy atom. The Hall–Kier alpha value is -3.29. The van der Waals surface area contributed by atoms with Crippen molar-refractivity contribution in [3.63, 3.8) is 0 Å². The van der Waals surface area contributed by atoms with Gasteiger partial charge in [-0.3, -0.25) is 9.59 Å². The number of esters is 2.